The first-order chi connectivity index (χ1) is 9.70. The third kappa shape index (κ3) is 4.26. The SMILES string of the molecule is CCCCCc1ccc(NC2C(C)CCCC2C)cc1. The number of nitrogens with one attached hydrogen (secondary N) is 1. The van der Waals surface area contributed by atoms with Gasteiger partial charge in [-0.05, 0) is 55.2 Å². The maximum Gasteiger partial charge on any atom is 0.0342 e. The van der Waals surface area contributed by atoms with Gasteiger partial charge in [-0.1, -0.05) is 52.2 Å². The highest BCUT2D eigenvalue weighted by Crippen LogP contribution is 2.31. The van der Waals surface area contributed by atoms with Crippen LogP contribution in [0, 0.1) is 11.8 Å². The van der Waals surface area contributed by atoms with Crippen molar-refractivity contribution in [3.63, 3.8) is 0 Å². The van der Waals surface area contributed by atoms with Crippen LogP contribution in [0.2, 0.25) is 0 Å². The third-order valence-corrected chi connectivity index (χ3v) is 4.90. The van der Waals surface area contributed by atoms with Crippen LogP contribution in [0.5, 0.6) is 0 Å². The Morgan fingerprint density at radius 1 is 1.00 bits per heavy atom. The zero-order chi connectivity index (χ0) is 14.4. The van der Waals surface area contributed by atoms with Crippen LogP contribution in [0.1, 0.15) is 64.9 Å². The standard InChI is InChI=1S/C19H31N/c1-4-5-6-10-17-11-13-18(14-12-17)20-19-15(2)8-7-9-16(19)3/h11-16,19-20H,4-10H2,1-3H3. The van der Waals surface area contributed by atoms with Gasteiger partial charge in [0.15, 0.2) is 0 Å². The summed E-state index contributed by atoms with van der Waals surface area (Å²) in [5.74, 6) is 1.59. The molecule has 0 amide bonds. The van der Waals surface area contributed by atoms with Crippen LogP contribution in [0.4, 0.5) is 5.69 Å². The smallest absolute Gasteiger partial charge is 0.0342 e. The largest absolute Gasteiger partial charge is 0.382 e. The van der Waals surface area contributed by atoms with Crippen molar-refractivity contribution >= 4 is 5.69 Å². The van der Waals surface area contributed by atoms with Crippen LogP contribution in [0.3, 0.4) is 0 Å². The van der Waals surface area contributed by atoms with E-state index in [0.29, 0.717) is 6.04 Å². The van der Waals surface area contributed by atoms with Gasteiger partial charge in [-0.3, -0.25) is 0 Å². The molecule has 0 radical (unpaired) electrons. The Bertz CT molecular complexity index is 371. The van der Waals surface area contributed by atoms with Crippen molar-refractivity contribution in [1.82, 2.24) is 0 Å². The minimum Gasteiger partial charge on any atom is -0.382 e. The Morgan fingerprint density at radius 3 is 2.25 bits per heavy atom. The van der Waals surface area contributed by atoms with E-state index >= 15 is 0 Å². The van der Waals surface area contributed by atoms with Gasteiger partial charge in [-0.15, -0.1) is 0 Å². The maximum absolute atomic E-state index is 3.77. The summed E-state index contributed by atoms with van der Waals surface area (Å²) in [6.07, 6.45) is 9.34. The number of hydrogen-bond donors (Lipinski definition) is 1. The average Bonchev–Trinajstić information content (AvgIpc) is 2.45. The lowest BCUT2D eigenvalue weighted by atomic mass is 9.78. The molecule has 0 aliphatic heterocycles. The van der Waals surface area contributed by atoms with Crippen molar-refractivity contribution in [2.24, 2.45) is 11.8 Å². The average molecular weight is 273 g/mol. The fourth-order valence-electron chi connectivity index (χ4n) is 3.51. The van der Waals surface area contributed by atoms with Gasteiger partial charge in [-0.25, -0.2) is 0 Å². The van der Waals surface area contributed by atoms with Gasteiger partial charge in [-0.2, -0.15) is 0 Å². The Hall–Kier alpha value is -0.980. The molecule has 2 rings (SSSR count). The summed E-state index contributed by atoms with van der Waals surface area (Å²) >= 11 is 0. The molecule has 1 nitrogen and oxygen atoms in total. The van der Waals surface area contributed by atoms with Crippen LogP contribution in [0.25, 0.3) is 0 Å². The van der Waals surface area contributed by atoms with Gasteiger partial charge < -0.3 is 5.32 Å². The molecule has 1 aliphatic carbocycles. The topological polar surface area (TPSA) is 12.0 Å². The summed E-state index contributed by atoms with van der Waals surface area (Å²) in [7, 11) is 0. The lowest BCUT2D eigenvalue weighted by Gasteiger charge is -2.36. The zero-order valence-electron chi connectivity index (χ0n) is 13.5. The monoisotopic (exact) mass is 273 g/mol. The molecule has 2 unspecified atom stereocenters. The molecule has 1 N–H and O–H groups in total. The molecule has 20 heavy (non-hydrogen) atoms. The van der Waals surface area contributed by atoms with Crippen molar-refractivity contribution in [2.75, 3.05) is 5.32 Å². The van der Waals surface area contributed by atoms with Gasteiger partial charge in [0.2, 0.25) is 0 Å². The molecule has 0 heterocycles. The minimum atomic E-state index is 0.648. The van der Waals surface area contributed by atoms with Crippen LogP contribution >= 0.6 is 0 Å². The van der Waals surface area contributed by atoms with E-state index in [2.05, 4.69) is 50.4 Å². The lowest BCUT2D eigenvalue weighted by molar-refractivity contribution is 0.268. The zero-order valence-corrected chi connectivity index (χ0v) is 13.5. The number of anilines is 1. The van der Waals surface area contributed by atoms with E-state index in [1.165, 1.54) is 56.2 Å². The van der Waals surface area contributed by atoms with Gasteiger partial charge >= 0.3 is 0 Å². The highest BCUT2D eigenvalue weighted by molar-refractivity contribution is 5.45. The number of unbranched alkanes of at least 4 members (excludes halogenated alkanes) is 2. The molecule has 1 saturated carbocycles. The molecule has 1 aromatic carbocycles. The van der Waals surface area contributed by atoms with E-state index in [1.807, 2.05) is 0 Å². The molecule has 1 fully saturated rings. The number of benzene rings is 1. The number of hydrogen-bond acceptors (Lipinski definition) is 1. The molecule has 112 valence electrons. The Labute approximate surface area is 125 Å². The van der Waals surface area contributed by atoms with Crippen molar-refractivity contribution in [2.45, 2.75) is 71.8 Å². The summed E-state index contributed by atoms with van der Waals surface area (Å²) in [6, 6.07) is 9.80. The van der Waals surface area contributed by atoms with E-state index in [9.17, 15) is 0 Å². The third-order valence-electron chi connectivity index (χ3n) is 4.90. The first kappa shape index (κ1) is 15.4. The predicted octanol–water partition coefficient (Wildman–Crippen LogP) is 5.66. The van der Waals surface area contributed by atoms with E-state index in [-0.39, 0.29) is 0 Å². The summed E-state index contributed by atoms with van der Waals surface area (Å²) < 4.78 is 0. The molecule has 1 aromatic rings. The quantitative estimate of drug-likeness (QED) is 0.660. The van der Waals surface area contributed by atoms with E-state index in [1.54, 1.807) is 0 Å². The summed E-state index contributed by atoms with van der Waals surface area (Å²) in [4.78, 5) is 0. The van der Waals surface area contributed by atoms with Gasteiger partial charge in [0, 0.05) is 11.7 Å². The highest BCUT2D eigenvalue weighted by atomic mass is 14.9. The second kappa shape index (κ2) is 7.71. The second-order valence-electron chi connectivity index (χ2n) is 6.71. The van der Waals surface area contributed by atoms with Gasteiger partial charge in [0.05, 0.1) is 0 Å². The molecular weight excluding hydrogens is 242 g/mol. The minimum absolute atomic E-state index is 0.648. The van der Waals surface area contributed by atoms with Crippen LogP contribution in [0.15, 0.2) is 24.3 Å². The second-order valence-corrected chi connectivity index (χ2v) is 6.71. The molecule has 0 bridgehead atoms. The molecule has 0 aromatic heterocycles. The molecular formula is C19H31N. The van der Waals surface area contributed by atoms with Crippen molar-refractivity contribution in [1.29, 1.82) is 0 Å². The number of aryl methyl sites for hydroxylation is 1. The highest BCUT2D eigenvalue weighted by Gasteiger charge is 2.27. The first-order valence-corrected chi connectivity index (χ1v) is 8.56. The Balaban J connectivity index is 1.89. The fourth-order valence-corrected chi connectivity index (χ4v) is 3.51. The Kier molecular flexibility index (Phi) is 5.94. The van der Waals surface area contributed by atoms with Crippen molar-refractivity contribution in [3.8, 4) is 0 Å². The maximum atomic E-state index is 3.77. The van der Waals surface area contributed by atoms with E-state index < -0.39 is 0 Å². The van der Waals surface area contributed by atoms with Crippen LogP contribution < -0.4 is 5.32 Å². The fraction of sp³-hybridized carbons (Fsp3) is 0.684. The van der Waals surface area contributed by atoms with Crippen LogP contribution in [-0.2, 0) is 6.42 Å². The first-order valence-electron chi connectivity index (χ1n) is 8.56. The van der Waals surface area contributed by atoms with Crippen molar-refractivity contribution < 1.29 is 0 Å². The Morgan fingerprint density at radius 2 is 1.65 bits per heavy atom. The summed E-state index contributed by atoms with van der Waals surface area (Å²) in [5.41, 5.74) is 2.78. The molecule has 0 saturated heterocycles. The van der Waals surface area contributed by atoms with E-state index in [0.717, 1.165) is 11.8 Å². The van der Waals surface area contributed by atoms with Gasteiger partial charge in [0.1, 0.15) is 0 Å². The van der Waals surface area contributed by atoms with Crippen molar-refractivity contribution in [3.05, 3.63) is 29.8 Å². The summed E-state index contributed by atoms with van der Waals surface area (Å²) in [5, 5.41) is 3.77. The van der Waals surface area contributed by atoms with E-state index in [4.69, 9.17) is 0 Å². The summed E-state index contributed by atoms with van der Waals surface area (Å²) in [6.45, 7) is 7.05. The lowest BCUT2D eigenvalue weighted by Crippen LogP contribution is -2.37. The number of rotatable bonds is 6. The predicted molar refractivity (Wildman–Crippen MR) is 89.3 cm³/mol. The van der Waals surface area contributed by atoms with Crippen LogP contribution in [-0.4, -0.2) is 6.04 Å². The normalized spacial score (nSPS) is 26.4. The molecule has 1 aliphatic rings. The molecule has 0 spiro atoms. The molecule has 1 heteroatoms. The molecule has 2 atom stereocenters. The van der Waals surface area contributed by atoms with Gasteiger partial charge in [0.25, 0.3) is 0 Å².